The molecule has 0 fully saturated rings. The Morgan fingerprint density at radius 2 is 1.78 bits per heavy atom. The molecular formula is C16H19ClFNO4. The van der Waals surface area contributed by atoms with Crippen LogP contribution in [-0.4, -0.2) is 28.7 Å². The molecule has 0 spiro atoms. The Morgan fingerprint density at radius 1 is 1.17 bits per heavy atom. The van der Waals surface area contributed by atoms with E-state index in [0.29, 0.717) is 17.7 Å². The molecule has 0 saturated heterocycles. The molecule has 0 aliphatic carbocycles. The predicted molar refractivity (Wildman–Crippen MR) is 86.4 cm³/mol. The lowest BCUT2D eigenvalue weighted by Crippen LogP contribution is -2.31. The third-order valence-electron chi connectivity index (χ3n) is 3.50. The molecule has 0 bridgehead atoms. The molecule has 0 heterocycles. The molecule has 1 aromatic carbocycles. The Kier molecular flexibility index (Phi) is 6.57. The summed E-state index contributed by atoms with van der Waals surface area (Å²) in [5.74, 6) is -3.25. The van der Waals surface area contributed by atoms with Crippen molar-refractivity contribution in [1.29, 1.82) is 0 Å². The number of nitrogens with zero attached hydrogens (tertiary/aromatic N) is 1. The maximum Gasteiger partial charge on any atom is 0.353 e. The van der Waals surface area contributed by atoms with E-state index >= 15 is 0 Å². The van der Waals surface area contributed by atoms with Gasteiger partial charge in [0, 0.05) is 12.2 Å². The number of likely N-dealkylation sites (N-methyl/N-ethyl adjacent to an activating group) is 1. The van der Waals surface area contributed by atoms with E-state index in [4.69, 9.17) is 11.6 Å². The summed E-state index contributed by atoms with van der Waals surface area (Å²) in [4.78, 5) is 24.4. The first-order valence-corrected chi connectivity index (χ1v) is 7.61. The van der Waals surface area contributed by atoms with Gasteiger partial charge in [-0.3, -0.25) is 0 Å². The number of carbonyl (C=O) groups is 2. The molecule has 7 heteroatoms. The molecule has 0 radical (unpaired) electrons. The SMILES string of the molecule is CCC(C(=O)O)=C(C(=O)O)N(CC)c1ccc(F)c(Cl)c1CC. The smallest absolute Gasteiger partial charge is 0.353 e. The summed E-state index contributed by atoms with van der Waals surface area (Å²) in [7, 11) is 0. The Labute approximate surface area is 139 Å². The van der Waals surface area contributed by atoms with E-state index in [1.54, 1.807) is 20.8 Å². The van der Waals surface area contributed by atoms with Crippen LogP contribution in [-0.2, 0) is 16.0 Å². The molecule has 0 aromatic heterocycles. The first kappa shape index (κ1) is 19.0. The van der Waals surface area contributed by atoms with Crippen LogP contribution in [0.25, 0.3) is 0 Å². The van der Waals surface area contributed by atoms with Gasteiger partial charge in [-0.15, -0.1) is 0 Å². The van der Waals surface area contributed by atoms with E-state index in [1.807, 2.05) is 0 Å². The molecule has 0 atom stereocenters. The van der Waals surface area contributed by atoms with E-state index in [1.165, 1.54) is 11.0 Å². The van der Waals surface area contributed by atoms with E-state index < -0.39 is 17.8 Å². The molecule has 0 saturated carbocycles. The average Bonchev–Trinajstić information content (AvgIpc) is 2.50. The number of anilines is 1. The summed E-state index contributed by atoms with van der Waals surface area (Å²) < 4.78 is 13.7. The summed E-state index contributed by atoms with van der Waals surface area (Å²) in [5.41, 5.74) is 0.279. The van der Waals surface area contributed by atoms with Gasteiger partial charge in [-0.25, -0.2) is 14.0 Å². The predicted octanol–water partition coefficient (Wildman–Crippen LogP) is 3.70. The monoisotopic (exact) mass is 343 g/mol. The molecule has 1 aromatic rings. The lowest BCUT2D eigenvalue weighted by atomic mass is 10.1. The van der Waals surface area contributed by atoms with Crippen LogP contribution in [0.5, 0.6) is 0 Å². The highest BCUT2D eigenvalue weighted by Crippen LogP contribution is 2.33. The molecule has 0 unspecified atom stereocenters. The normalized spacial score (nSPS) is 11.9. The second-order valence-electron chi connectivity index (χ2n) is 4.75. The maximum atomic E-state index is 13.7. The minimum Gasteiger partial charge on any atom is -0.478 e. The Hall–Kier alpha value is -2.08. The summed E-state index contributed by atoms with van der Waals surface area (Å²) in [6.45, 7) is 5.22. The molecule has 1 rings (SSSR count). The fourth-order valence-electron chi connectivity index (χ4n) is 2.45. The Bertz CT molecular complexity index is 658. The minimum absolute atomic E-state index is 0.0455. The lowest BCUT2D eigenvalue weighted by Gasteiger charge is -2.27. The highest BCUT2D eigenvalue weighted by atomic mass is 35.5. The van der Waals surface area contributed by atoms with Crippen LogP contribution >= 0.6 is 11.6 Å². The summed E-state index contributed by atoms with van der Waals surface area (Å²) in [6.07, 6.45) is 0.424. The zero-order valence-corrected chi connectivity index (χ0v) is 13.9. The summed E-state index contributed by atoms with van der Waals surface area (Å²) in [6, 6.07) is 2.56. The maximum absolute atomic E-state index is 13.7. The second kappa shape index (κ2) is 7.97. The van der Waals surface area contributed by atoms with Gasteiger partial charge in [-0.05, 0) is 37.5 Å². The van der Waals surface area contributed by atoms with Crippen molar-refractivity contribution in [3.8, 4) is 0 Å². The van der Waals surface area contributed by atoms with E-state index in [0.717, 1.165) is 6.07 Å². The Morgan fingerprint density at radius 3 is 2.17 bits per heavy atom. The van der Waals surface area contributed by atoms with Gasteiger partial charge < -0.3 is 15.1 Å². The van der Waals surface area contributed by atoms with Gasteiger partial charge in [0.2, 0.25) is 0 Å². The van der Waals surface area contributed by atoms with Crippen molar-refractivity contribution in [1.82, 2.24) is 0 Å². The molecule has 0 aliphatic heterocycles. The Balaban J connectivity index is 3.68. The second-order valence-corrected chi connectivity index (χ2v) is 5.13. The number of rotatable bonds is 7. The molecule has 23 heavy (non-hydrogen) atoms. The van der Waals surface area contributed by atoms with Gasteiger partial charge in [-0.2, -0.15) is 0 Å². The van der Waals surface area contributed by atoms with Crippen LogP contribution in [0, 0.1) is 5.82 Å². The van der Waals surface area contributed by atoms with Crippen molar-refractivity contribution >= 4 is 29.2 Å². The molecular weight excluding hydrogens is 325 g/mol. The number of hydrogen-bond donors (Lipinski definition) is 2. The van der Waals surface area contributed by atoms with Crippen LogP contribution in [0.4, 0.5) is 10.1 Å². The van der Waals surface area contributed by atoms with Crippen LogP contribution < -0.4 is 4.90 Å². The third kappa shape index (κ3) is 3.82. The number of hydrogen-bond acceptors (Lipinski definition) is 3. The van der Waals surface area contributed by atoms with E-state index in [9.17, 15) is 24.2 Å². The average molecular weight is 344 g/mol. The largest absolute Gasteiger partial charge is 0.478 e. The van der Waals surface area contributed by atoms with Gasteiger partial charge >= 0.3 is 11.9 Å². The number of carboxylic acid groups (broad SMARTS) is 2. The standard InChI is InChI=1S/C16H19ClFNO4/c1-4-9-12(8-7-11(18)13(9)17)19(6-3)14(16(22)23)10(5-2)15(20)21/h7-8H,4-6H2,1-3H3,(H,20,21)(H,22,23). The van der Waals surface area contributed by atoms with Crippen LogP contribution in [0.3, 0.4) is 0 Å². The van der Waals surface area contributed by atoms with Gasteiger partial charge in [0.25, 0.3) is 0 Å². The van der Waals surface area contributed by atoms with Gasteiger partial charge in [0.15, 0.2) is 0 Å². The van der Waals surface area contributed by atoms with E-state index in [-0.39, 0.29) is 29.3 Å². The fraction of sp³-hybridized carbons (Fsp3) is 0.375. The number of carboxylic acids is 2. The highest BCUT2D eigenvalue weighted by molar-refractivity contribution is 6.32. The number of benzene rings is 1. The number of halogens is 2. The topological polar surface area (TPSA) is 77.8 Å². The zero-order valence-electron chi connectivity index (χ0n) is 13.2. The van der Waals surface area contributed by atoms with Crippen LogP contribution in [0.2, 0.25) is 5.02 Å². The van der Waals surface area contributed by atoms with Crippen molar-refractivity contribution in [3.63, 3.8) is 0 Å². The third-order valence-corrected chi connectivity index (χ3v) is 3.91. The molecule has 126 valence electrons. The molecule has 0 aliphatic rings. The van der Waals surface area contributed by atoms with E-state index in [2.05, 4.69) is 0 Å². The van der Waals surface area contributed by atoms with Crippen molar-refractivity contribution in [2.45, 2.75) is 33.6 Å². The van der Waals surface area contributed by atoms with Gasteiger partial charge in [0.05, 0.1) is 10.6 Å². The van der Waals surface area contributed by atoms with Crippen molar-refractivity contribution < 1.29 is 24.2 Å². The van der Waals surface area contributed by atoms with Gasteiger partial charge in [0.1, 0.15) is 11.5 Å². The van der Waals surface area contributed by atoms with Gasteiger partial charge in [-0.1, -0.05) is 25.4 Å². The molecule has 5 nitrogen and oxygen atoms in total. The molecule has 0 amide bonds. The quantitative estimate of drug-likeness (QED) is 0.738. The zero-order chi connectivity index (χ0) is 17.7. The van der Waals surface area contributed by atoms with Crippen LogP contribution in [0.1, 0.15) is 32.8 Å². The number of aliphatic carboxylic acids is 2. The summed E-state index contributed by atoms with van der Waals surface area (Å²) in [5, 5.41) is 18.7. The first-order valence-electron chi connectivity index (χ1n) is 7.24. The summed E-state index contributed by atoms with van der Waals surface area (Å²) >= 11 is 5.98. The minimum atomic E-state index is -1.35. The fourth-order valence-corrected chi connectivity index (χ4v) is 2.74. The van der Waals surface area contributed by atoms with Crippen molar-refractivity contribution in [2.75, 3.05) is 11.4 Å². The first-order chi connectivity index (χ1) is 10.8. The van der Waals surface area contributed by atoms with Crippen molar-refractivity contribution in [3.05, 3.63) is 39.8 Å². The highest BCUT2D eigenvalue weighted by Gasteiger charge is 2.27. The van der Waals surface area contributed by atoms with Crippen molar-refractivity contribution in [2.24, 2.45) is 0 Å². The molecule has 2 N–H and O–H groups in total. The lowest BCUT2D eigenvalue weighted by molar-refractivity contribution is -0.136. The van der Waals surface area contributed by atoms with Crippen LogP contribution in [0.15, 0.2) is 23.4 Å².